The summed E-state index contributed by atoms with van der Waals surface area (Å²) in [4.78, 5) is 34.2. The van der Waals surface area contributed by atoms with Crippen LogP contribution in [-0.4, -0.2) is 50.9 Å². The Labute approximate surface area is 171 Å². The summed E-state index contributed by atoms with van der Waals surface area (Å²) in [6.07, 6.45) is 2.21. The van der Waals surface area contributed by atoms with Crippen molar-refractivity contribution in [3.8, 4) is 0 Å². The van der Waals surface area contributed by atoms with Crippen molar-refractivity contribution in [3.05, 3.63) is 47.1 Å². The lowest BCUT2D eigenvalue weighted by molar-refractivity contribution is -0.137. The van der Waals surface area contributed by atoms with Crippen molar-refractivity contribution in [1.82, 2.24) is 19.9 Å². The third-order valence-electron chi connectivity index (χ3n) is 6.03. The molecule has 0 aliphatic carbocycles. The van der Waals surface area contributed by atoms with Gasteiger partial charge in [-0.3, -0.25) is 9.59 Å². The van der Waals surface area contributed by atoms with E-state index in [1.807, 2.05) is 49.9 Å². The van der Waals surface area contributed by atoms with Gasteiger partial charge in [0.05, 0.1) is 0 Å². The molecular formula is C22H28N4O3. The fourth-order valence-electron chi connectivity index (χ4n) is 4.26. The summed E-state index contributed by atoms with van der Waals surface area (Å²) in [5.41, 5.74) is 1.72. The minimum atomic E-state index is -0.414. The summed E-state index contributed by atoms with van der Waals surface area (Å²) in [6.45, 7) is 7.85. The Kier molecular flexibility index (Phi) is 5.39. The summed E-state index contributed by atoms with van der Waals surface area (Å²) in [5, 5.41) is 4.06. The molecule has 0 bridgehead atoms. The van der Waals surface area contributed by atoms with Crippen molar-refractivity contribution in [3.63, 3.8) is 0 Å². The van der Waals surface area contributed by atoms with Gasteiger partial charge < -0.3 is 14.3 Å². The zero-order valence-electron chi connectivity index (χ0n) is 17.3. The zero-order chi connectivity index (χ0) is 20.5. The van der Waals surface area contributed by atoms with Crippen LogP contribution in [0.3, 0.4) is 0 Å². The Balaban J connectivity index is 1.40. The van der Waals surface area contributed by atoms with E-state index in [9.17, 15) is 9.59 Å². The number of nitrogens with zero attached hydrogens (tertiary/aromatic N) is 4. The molecule has 3 heterocycles. The van der Waals surface area contributed by atoms with Gasteiger partial charge in [0.25, 0.3) is 5.91 Å². The van der Waals surface area contributed by atoms with Crippen LogP contribution in [0, 0.1) is 0 Å². The van der Waals surface area contributed by atoms with E-state index >= 15 is 0 Å². The number of rotatable bonds is 5. The lowest BCUT2D eigenvalue weighted by atomic mass is 9.96. The predicted octanol–water partition coefficient (Wildman–Crippen LogP) is 3.33. The van der Waals surface area contributed by atoms with Gasteiger partial charge in [0.1, 0.15) is 6.04 Å². The molecular weight excluding hydrogens is 368 g/mol. The molecule has 0 N–H and O–H groups in total. The average Bonchev–Trinajstić information content (AvgIpc) is 3.35. The van der Waals surface area contributed by atoms with E-state index in [0.29, 0.717) is 31.9 Å². The smallest absolute Gasteiger partial charge is 0.255 e. The quantitative estimate of drug-likeness (QED) is 0.774. The van der Waals surface area contributed by atoms with E-state index in [1.54, 1.807) is 4.90 Å². The normalized spacial score (nSPS) is 18.4. The Hall–Kier alpha value is -2.70. The summed E-state index contributed by atoms with van der Waals surface area (Å²) < 4.78 is 5.44. The number of carbonyl (C=O) groups is 2. The third-order valence-corrected chi connectivity index (χ3v) is 6.03. The highest BCUT2D eigenvalue weighted by Gasteiger charge is 2.38. The van der Waals surface area contributed by atoms with Gasteiger partial charge in [-0.15, -0.1) is 0 Å². The topological polar surface area (TPSA) is 79.5 Å². The standard InChI is InChI=1S/C22H28N4O3/c1-4-18(26-13-16-7-5-6-8-17(16)21(26)27)22(28)25-11-9-15(10-12-25)20-23-19(14(2)3)24-29-20/h5-8,14-15,18H,4,9-13H2,1-3H3. The van der Waals surface area contributed by atoms with Crippen molar-refractivity contribution in [1.29, 1.82) is 0 Å². The number of piperidine rings is 1. The van der Waals surface area contributed by atoms with Crippen LogP contribution in [0.4, 0.5) is 0 Å². The summed E-state index contributed by atoms with van der Waals surface area (Å²) in [7, 11) is 0. The van der Waals surface area contributed by atoms with Gasteiger partial charge in [-0.05, 0) is 30.9 Å². The van der Waals surface area contributed by atoms with Crippen LogP contribution in [0.1, 0.15) is 79.5 Å². The summed E-state index contributed by atoms with van der Waals surface area (Å²) in [5.74, 6) is 1.84. The molecule has 0 spiro atoms. The molecule has 1 atom stereocenters. The minimum absolute atomic E-state index is 0.0391. The highest BCUT2D eigenvalue weighted by molar-refractivity contribution is 6.01. The van der Waals surface area contributed by atoms with Crippen LogP contribution in [-0.2, 0) is 11.3 Å². The number of hydrogen-bond acceptors (Lipinski definition) is 5. The first-order valence-electron chi connectivity index (χ1n) is 10.5. The molecule has 1 saturated heterocycles. The Morgan fingerprint density at radius 1 is 1.24 bits per heavy atom. The van der Waals surface area contributed by atoms with Crippen LogP contribution in [0.25, 0.3) is 0 Å². The van der Waals surface area contributed by atoms with E-state index in [0.717, 1.165) is 29.8 Å². The largest absolute Gasteiger partial charge is 0.341 e. The van der Waals surface area contributed by atoms with E-state index < -0.39 is 6.04 Å². The lowest BCUT2D eigenvalue weighted by Gasteiger charge is -2.35. The van der Waals surface area contributed by atoms with Crippen LogP contribution in [0.15, 0.2) is 28.8 Å². The van der Waals surface area contributed by atoms with Gasteiger partial charge in [-0.25, -0.2) is 0 Å². The molecule has 154 valence electrons. The van der Waals surface area contributed by atoms with Crippen molar-refractivity contribution in [2.45, 2.75) is 64.5 Å². The molecule has 0 saturated carbocycles. The Morgan fingerprint density at radius 3 is 2.59 bits per heavy atom. The number of likely N-dealkylation sites (tertiary alicyclic amines) is 1. The van der Waals surface area contributed by atoms with Crippen molar-refractivity contribution in [2.75, 3.05) is 13.1 Å². The molecule has 2 aliphatic heterocycles. The zero-order valence-corrected chi connectivity index (χ0v) is 17.3. The minimum Gasteiger partial charge on any atom is -0.341 e. The first-order valence-corrected chi connectivity index (χ1v) is 10.5. The lowest BCUT2D eigenvalue weighted by Crippen LogP contribution is -2.50. The summed E-state index contributed by atoms with van der Waals surface area (Å²) in [6, 6.07) is 7.20. The van der Waals surface area contributed by atoms with Gasteiger partial charge in [-0.2, -0.15) is 4.98 Å². The molecule has 29 heavy (non-hydrogen) atoms. The van der Waals surface area contributed by atoms with Gasteiger partial charge in [0.2, 0.25) is 11.8 Å². The second kappa shape index (κ2) is 7.97. The maximum atomic E-state index is 13.2. The first-order chi connectivity index (χ1) is 14.0. The van der Waals surface area contributed by atoms with Gasteiger partial charge in [-0.1, -0.05) is 44.1 Å². The van der Waals surface area contributed by atoms with E-state index in [1.165, 1.54) is 0 Å². The molecule has 7 nitrogen and oxygen atoms in total. The second-order valence-corrected chi connectivity index (χ2v) is 8.26. The fraction of sp³-hybridized carbons (Fsp3) is 0.545. The SMILES string of the molecule is CCC(C(=O)N1CCC(c2nc(C(C)C)no2)CC1)N1Cc2ccccc2C1=O. The molecule has 0 radical (unpaired) electrons. The first kappa shape index (κ1) is 19.6. The third kappa shape index (κ3) is 3.66. The van der Waals surface area contributed by atoms with Gasteiger partial charge in [0.15, 0.2) is 5.82 Å². The van der Waals surface area contributed by atoms with Crippen molar-refractivity contribution < 1.29 is 14.1 Å². The van der Waals surface area contributed by atoms with Gasteiger partial charge >= 0.3 is 0 Å². The van der Waals surface area contributed by atoms with Crippen LogP contribution >= 0.6 is 0 Å². The van der Waals surface area contributed by atoms with E-state index in [2.05, 4.69) is 10.1 Å². The average molecular weight is 396 g/mol. The molecule has 7 heteroatoms. The molecule has 4 rings (SSSR count). The highest BCUT2D eigenvalue weighted by Crippen LogP contribution is 2.30. The summed E-state index contributed by atoms with van der Waals surface area (Å²) >= 11 is 0. The number of benzene rings is 1. The van der Waals surface area contributed by atoms with E-state index in [-0.39, 0.29) is 23.7 Å². The molecule has 2 aliphatic rings. The molecule has 1 aromatic heterocycles. The van der Waals surface area contributed by atoms with Gasteiger partial charge in [0, 0.05) is 37.0 Å². The molecule has 2 aromatic rings. The molecule has 2 amide bonds. The molecule has 1 unspecified atom stereocenters. The number of aromatic nitrogens is 2. The fourth-order valence-corrected chi connectivity index (χ4v) is 4.26. The number of carbonyl (C=O) groups excluding carboxylic acids is 2. The second-order valence-electron chi connectivity index (χ2n) is 8.26. The molecule has 1 aromatic carbocycles. The van der Waals surface area contributed by atoms with Crippen molar-refractivity contribution in [2.24, 2.45) is 0 Å². The number of fused-ring (bicyclic) bond motifs is 1. The number of hydrogen-bond donors (Lipinski definition) is 0. The van der Waals surface area contributed by atoms with Crippen molar-refractivity contribution >= 4 is 11.8 Å². The maximum Gasteiger partial charge on any atom is 0.255 e. The van der Waals surface area contributed by atoms with Crippen LogP contribution in [0.2, 0.25) is 0 Å². The monoisotopic (exact) mass is 396 g/mol. The Bertz CT molecular complexity index is 899. The van der Waals surface area contributed by atoms with Crippen LogP contribution < -0.4 is 0 Å². The predicted molar refractivity (Wildman–Crippen MR) is 107 cm³/mol. The maximum absolute atomic E-state index is 13.2. The Morgan fingerprint density at radius 2 is 1.97 bits per heavy atom. The molecule has 1 fully saturated rings. The van der Waals surface area contributed by atoms with E-state index in [4.69, 9.17) is 4.52 Å². The number of amides is 2. The highest BCUT2D eigenvalue weighted by atomic mass is 16.5. The van der Waals surface area contributed by atoms with Crippen LogP contribution in [0.5, 0.6) is 0 Å².